The fraction of sp³-hybridized carbons (Fsp3) is 0.0233. The summed E-state index contributed by atoms with van der Waals surface area (Å²) in [5.74, 6) is 0. The molecule has 1 atom stereocenters. The Morgan fingerprint density at radius 2 is 0.936 bits per heavy atom. The molecule has 0 spiro atoms. The van der Waals surface area contributed by atoms with Gasteiger partial charge in [-0.25, -0.2) is 0 Å². The van der Waals surface area contributed by atoms with Crippen molar-refractivity contribution in [3.8, 4) is 22.5 Å². The van der Waals surface area contributed by atoms with Crippen LogP contribution in [-0.2, 0) is 0 Å². The van der Waals surface area contributed by atoms with Gasteiger partial charge >= 0.3 is 0 Å². The average molecular weight is 603 g/mol. The van der Waals surface area contributed by atoms with Crippen molar-refractivity contribution in [1.82, 2.24) is 19.4 Å². The minimum absolute atomic E-state index is 0.125. The molecule has 8 aromatic rings. The smallest absolute Gasteiger partial charge is 0.122 e. The second kappa shape index (κ2) is 10.1. The van der Waals surface area contributed by atoms with E-state index in [-0.39, 0.29) is 6.17 Å². The van der Waals surface area contributed by atoms with E-state index < -0.39 is 0 Å². The van der Waals surface area contributed by atoms with Crippen molar-refractivity contribution in [2.45, 2.75) is 6.17 Å². The molecule has 1 N–H and O–H groups in total. The van der Waals surface area contributed by atoms with Crippen LogP contribution in [0, 0.1) is 0 Å². The van der Waals surface area contributed by atoms with Gasteiger partial charge in [0.25, 0.3) is 0 Å². The number of nitrogens with zero attached hydrogens (tertiary/aromatic N) is 3. The molecule has 0 aliphatic carbocycles. The molecule has 0 bridgehead atoms. The van der Waals surface area contributed by atoms with Crippen molar-refractivity contribution in [2.24, 2.45) is 0 Å². The van der Waals surface area contributed by atoms with E-state index in [2.05, 4.69) is 190 Å². The summed E-state index contributed by atoms with van der Waals surface area (Å²) in [6.07, 6.45) is 10.8. The van der Waals surface area contributed by atoms with Crippen LogP contribution in [0.15, 0.2) is 170 Å². The molecule has 2 aliphatic rings. The van der Waals surface area contributed by atoms with Gasteiger partial charge in [-0.15, -0.1) is 0 Å². The molecule has 0 amide bonds. The topological polar surface area (TPSA) is 25.1 Å². The van der Waals surface area contributed by atoms with Gasteiger partial charge < -0.3 is 19.4 Å². The van der Waals surface area contributed by atoms with Crippen molar-refractivity contribution in [3.05, 3.63) is 176 Å². The van der Waals surface area contributed by atoms with Crippen LogP contribution in [0.25, 0.3) is 71.8 Å². The molecule has 1 unspecified atom stereocenters. The summed E-state index contributed by atoms with van der Waals surface area (Å²) in [6.45, 7) is 0. The summed E-state index contributed by atoms with van der Waals surface area (Å²) in [6, 6.07) is 50.8. The van der Waals surface area contributed by atoms with Gasteiger partial charge in [0.05, 0.1) is 27.8 Å². The normalized spacial score (nSPS) is 15.5. The number of para-hydroxylation sites is 4. The van der Waals surface area contributed by atoms with E-state index in [1.54, 1.807) is 0 Å². The first kappa shape index (κ1) is 26.0. The van der Waals surface area contributed by atoms with Crippen LogP contribution < -0.4 is 5.32 Å². The average Bonchev–Trinajstić information content (AvgIpc) is 3.82. The Bertz CT molecular complexity index is 2390. The van der Waals surface area contributed by atoms with Crippen molar-refractivity contribution < 1.29 is 0 Å². The Hall–Kier alpha value is -6.26. The molecule has 0 fully saturated rings. The highest BCUT2D eigenvalue weighted by Crippen LogP contribution is 2.39. The Labute approximate surface area is 272 Å². The first-order valence-corrected chi connectivity index (χ1v) is 16.1. The second-order valence-electron chi connectivity index (χ2n) is 12.3. The first-order chi connectivity index (χ1) is 23.3. The molecular weight excluding hydrogens is 573 g/mol. The zero-order valence-electron chi connectivity index (χ0n) is 25.6. The fourth-order valence-corrected chi connectivity index (χ4v) is 7.63. The fourth-order valence-electron chi connectivity index (χ4n) is 7.63. The predicted octanol–water partition coefficient (Wildman–Crippen LogP) is 10.2. The van der Waals surface area contributed by atoms with E-state index in [0.717, 1.165) is 22.6 Å². The molecule has 0 saturated heterocycles. The van der Waals surface area contributed by atoms with E-state index in [1.807, 2.05) is 0 Å². The number of benzene rings is 6. The Morgan fingerprint density at radius 1 is 0.468 bits per heavy atom. The molecular formula is C43H30N4. The minimum Gasteiger partial charge on any atom is -0.360 e. The Kier molecular flexibility index (Phi) is 5.60. The van der Waals surface area contributed by atoms with Gasteiger partial charge in [0, 0.05) is 50.9 Å². The number of hydrogen-bond donors (Lipinski definition) is 1. The van der Waals surface area contributed by atoms with Crippen molar-refractivity contribution >= 4 is 49.3 Å². The first-order valence-electron chi connectivity index (χ1n) is 16.1. The van der Waals surface area contributed by atoms with Crippen LogP contribution in [-0.4, -0.2) is 20.2 Å². The van der Waals surface area contributed by atoms with Gasteiger partial charge in [0.2, 0.25) is 0 Å². The van der Waals surface area contributed by atoms with Crippen molar-refractivity contribution in [3.63, 3.8) is 0 Å². The Balaban J connectivity index is 1.28. The lowest BCUT2D eigenvalue weighted by molar-refractivity contribution is 0.427. The van der Waals surface area contributed by atoms with E-state index >= 15 is 0 Å². The number of rotatable bonds is 4. The monoisotopic (exact) mass is 602 g/mol. The second-order valence-corrected chi connectivity index (χ2v) is 12.3. The van der Waals surface area contributed by atoms with Crippen LogP contribution in [0.3, 0.4) is 0 Å². The summed E-state index contributed by atoms with van der Waals surface area (Å²) >= 11 is 0. The number of fused-ring (bicyclic) bond motifs is 7. The molecule has 4 heteroatoms. The van der Waals surface area contributed by atoms with E-state index in [0.29, 0.717) is 0 Å². The number of nitrogens with one attached hydrogen (secondary N) is 1. The SMILES string of the molecule is C1=CC2NC(c3ccccc3-c3cc(-n4c5ccccc5c5ccccc54)cc(-n4c5ccccc5c5ccccc54)c3)=CN2C=C1. The molecule has 4 nitrogen and oxygen atoms in total. The summed E-state index contributed by atoms with van der Waals surface area (Å²) in [7, 11) is 0. The third-order valence-corrected chi connectivity index (χ3v) is 9.67. The maximum atomic E-state index is 3.74. The standard InChI is InChI=1S/C43H30N4/c1-2-14-33(38-28-45-24-12-11-23-43(45)44-38)32(13-1)29-25-30(46-39-19-7-3-15-34(39)35-16-4-8-20-40(35)46)27-31(26-29)47-41-21-9-5-17-36(41)37-18-6-10-22-42(37)47/h1-28,43-44H. The van der Waals surface area contributed by atoms with Crippen LogP contribution in [0.2, 0.25) is 0 Å². The number of hydrogen-bond acceptors (Lipinski definition) is 2. The zero-order chi connectivity index (χ0) is 30.9. The van der Waals surface area contributed by atoms with E-state index in [9.17, 15) is 0 Å². The molecule has 6 aromatic carbocycles. The van der Waals surface area contributed by atoms with Crippen LogP contribution >= 0.6 is 0 Å². The Morgan fingerprint density at radius 3 is 1.45 bits per heavy atom. The quantitative estimate of drug-likeness (QED) is 0.217. The molecule has 4 heterocycles. The maximum Gasteiger partial charge on any atom is 0.122 e. The van der Waals surface area contributed by atoms with Crippen LogP contribution in [0.4, 0.5) is 0 Å². The van der Waals surface area contributed by atoms with Crippen LogP contribution in [0.5, 0.6) is 0 Å². The molecule has 0 saturated carbocycles. The largest absolute Gasteiger partial charge is 0.360 e. The maximum absolute atomic E-state index is 3.74. The van der Waals surface area contributed by atoms with Gasteiger partial charge in [-0.3, -0.25) is 0 Å². The lowest BCUT2D eigenvalue weighted by Crippen LogP contribution is -2.31. The number of aromatic nitrogens is 2. The number of allylic oxidation sites excluding steroid dienone is 2. The van der Waals surface area contributed by atoms with Gasteiger partial charge in [-0.1, -0.05) is 103 Å². The summed E-state index contributed by atoms with van der Waals surface area (Å²) in [5, 5.41) is 8.76. The highest BCUT2D eigenvalue weighted by molar-refractivity contribution is 6.10. The highest BCUT2D eigenvalue weighted by atomic mass is 15.3. The third-order valence-electron chi connectivity index (χ3n) is 9.67. The lowest BCUT2D eigenvalue weighted by atomic mass is 9.96. The molecule has 47 heavy (non-hydrogen) atoms. The summed E-state index contributed by atoms with van der Waals surface area (Å²) < 4.78 is 4.86. The van der Waals surface area contributed by atoms with E-state index in [1.165, 1.54) is 54.7 Å². The molecule has 222 valence electrons. The highest BCUT2D eigenvalue weighted by Gasteiger charge is 2.24. The summed E-state index contributed by atoms with van der Waals surface area (Å²) in [5.41, 5.74) is 11.7. The van der Waals surface area contributed by atoms with E-state index in [4.69, 9.17) is 0 Å². The van der Waals surface area contributed by atoms with Crippen molar-refractivity contribution in [1.29, 1.82) is 0 Å². The third kappa shape index (κ3) is 3.95. The summed E-state index contributed by atoms with van der Waals surface area (Å²) in [4.78, 5) is 2.23. The van der Waals surface area contributed by atoms with Crippen LogP contribution in [0.1, 0.15) is 5.56 Å². The van der Waals surface area contributed by atoms with Gasteiger partial charge in [-0.2, -0.15) is 0 Å². The molecule has 2 aliphatic heterocycles. The predicted molar refractivity (Wildman–Crippen MR) is 196 cm³/mol. The molecule has 2 aromatic heterocycles. The van der Waals surface area contributed by atoms with Gasteiger partial charge in [-0.05, 0) is 65.7 Å². The van der Waals surface area contributed by atoms with Gasteiger partial charge in [0.1, 0.15) is 6.17 Å². The van der Waals surface area contributed by atoms with Gasteiger partial charge in [0.15, 0.2) is 0 Å². The molecule has 10 rings (SSSR count). The van der Waals surface area contributed by atoms with Crippen molar-refractivity contribution in [2.75, 3.05) is 0 Å². The zero-order valence-corrected chi connectivity index (χ0v) is 25.6. The molecule has 0 radical (unpaired) electrons. The lowest BCUT2D eigenvalue weighted by Gasteiger charge is -2.21. The minimum atomic E-state index is 0.125.